The van der Waals surface area contributed by atoms with Crippen LogP contribution in [-0.4, -0.2) is 29.1 Å². The molecule has 0 bridgehead atoms. The molecule has 2 heterocycles. The predicted molar refractivity (Wildman–Crippen MR) is 58.5 cm³/mol. The Bertz CT molecular complexity index is 387. The summed E-state index contributed by atoms with van der Waals surface area (Å²) in [6.45, 7) is 1.33. The highest BCUT2D eigenvalue weighted by atomic mass is 35.5. The summed E-state index contributed by atoms with van der Waals surface area (Å²) in [6, 6.07) is 1.67. The monoisotopic (exact) mass is 245 g/mol. The number of piperidine rings is 1. The first-order valence-electron chi connectivity index (χ1n) is 4.62. The molecule has 0 amide bonds. The minimum Gasteiger partial charge on any atom is -0.368 e. The highest BCUT2D eigenvalue weighted by Crippen LogP contribution is 2.27. The molecule has 1 aromatic rings. The molecule has 1 aromatic heterocycles. The average molecular weight is 246 g/mol. The summed E-state index contributed by atoms with van der Waals surface area (Å²) in [7, 11) is 0. The normalized spacial score (nSPS) is 16.9. The molecule has 1 saturated heterocycles. The van der Waals surface area contributed by atoms with Gasteiger partial charge in [0.1, 0.15) is 5.78 Å². The average Bonchev–Trinajstić information content (AvgIpc) is 2.23. The van der Waals surface area contributed by atoms with Crippen molar-refractivity contribution in [2.45, 2.75) is 12.8 Å². The highest BCUT2D eigenvalue weighted by Gasteiger charge is 2.19. The van der Waals surface area contributed by atoms with Crippen molar-refractivity contribution in [2.75, 3.05) is 18.0 Å². The molecule has 1 fully saturated rings. The standard InChI is InChI=1S/C9H9Cl2N3O/c10-8-5-7(9(11)13-12-8)14-3-1-6(15)2-4-14/h5H,1-4H2. The van der Waals surface area contributed by atoms with Gasteiger partial charge < -0.3 is 4.90 Å². The second-order valence-corrected chi connectivity index (χ2v) is 4.11. The van der Waals surface area contributed by atoms with Gasteiger partial charge in [0, 0.05) is 32.0 Å². The van der Waals surface area contributed by atoms with Crippen LogP contribution in [0.25, 0.3) is 0 Å². The first-order valence-corrected chi connectivity index (χ1v) is 5.38. The zero-order chi connectivity index (χ0) is 10.8. The summed E-state index contributed by atoms with van der Waals surface area (Å²) < 4.78 is 0. The van der Waals surface area contributed by atoms with E-state index in [0.29, 0.717) is 36.2 Å². The van der Waals surface area contributed by atoms with Gasteiger partial charge in [-0.05, 0) is 0 Å². The SMILES string of the molecule is O=C1CCN(c2cc(Cl)nnc2Cl)CC1. The van der Waals surface area contributed by atoms with Gasteiger partial charge in [0.15, 0.2) is 10.3 Å². The first-order chi connectivity index (χ1) is 7.16. The highest BCUT2D eigenvalue weighted by molar-refractivity contribution is 6.33. The Hall–Kier alpha value is -0.870. The molecule has 0 N–H and O–H groups in total. The van der Waals surface area contributed by atoms with Crippen LogP contribution in [0.15, 0.2) is 6.07 Å². The van der Waals surface area contributed by atoms with Gasteiger partial charge in [-0.2, -0.15) is 0 Å². The zero-order valence-electron chi connectivity index (χ0n) is 7.91. The van der Waals surface area contributed by atoms with Crippen LogP contribution in [0.3, 0.4) is 0 Å². The summed E-state index contributed by atoms with van der Waals surface area (Å²) in [5.74, 6) is 0.287. The third-order valence-electron chi connectivity index (χ3n) is 2.36. The molecular weight excluding hydrogens is 237 g/mol. The Morgan fingerprint density at radius 2 is 1.87 bits per heavy atom. The Balaban J connectivity index is 2.21. The van der Waals surface area contributed by atoms with E-state index < -0.39 is 0 Å². The van der Waals surface area contributed by atoms with E-state index in [0.717, 1.165) is 5.69 Å². The summed E-state index contributed by atoms with van der Waals surface area (Å²) >= 11 is 11.6. The van der Waals surface area contributed by atoms with E-state index in [1.54, 1.807) is 6.07 Å². The van der Waals surface area contributed by atoms with Gasteiger partial charge in [-0.15, -0.1) is 10.2 Å². The number of hydrogen-bond donors (Lipinski definition) is 0. The second kappa shape index (κ2) is 4.33. The predicted octanol–water partition coefficient (Wildman–Crippen LogP) is 1.95. The fraction of sp³-hybridized carbons (Fsp3) is 0.444. The summed E-state index contributed by atoms with van der Waals surface area (Å²) in [5.41, 5.74) is 0.754. The fourth-order valence-electron chi connectivity index (χ4n) is 1.56. The molecule has 6 heteroatoms. The molecule has 0 saturated carbocycles. The van der Waals surface area contributed by atoms with Crippen molar-refractivity contribution in [3.63, 3.8) is 0 Å². The molecule has 2 rings (SSSR count). The van der Waals surface area contributed by atoms with E-state index in [1.807, 2.05) is 4.90 Å². The van der Waals surface area contributed by atoms with Gasteiger partial charge in [-0.25, -0.2) is 0 Å². The van der Waals surface area contributed by atoms with E-state index in [1.165, 1.54) is 0 Å². The van der Waals surface area contributed by atoms with Crippen LogP contribution >= 0.6 is 23.2 Å². The van der Waals surface area contributed by atoms with Crippen molar-refractivity contribution in [3.8, 4) is 0 Å². The van der Waals surface area contributed by atoms with Crippen molar-refractivity contribution in [1.82, 2.24) is 10.2 Å². The Labute approximate surface area is 97.2 Å². The number of Topliss-reactive ketones (excluding diaryl/α,β-unsaturated/α-hetero) is 1. The lowest BCUT2D eigenvalue weighted by atomic mass is 10.1. The lowest BCUT2D eigenvalue weighted by Crippen LogP contribution is -2.34. The number of aromatic nitrogens is 2. The summed E-state index contributed by atoms with van der Waals surface area (Å²) in [4.78, 5) is 13.1. The molecule has 15 heavy (non-hydrogen) atoms. The number of rotatable bonds is 1. The van der Waals surface area contributed by atoms with Crippen molar-refractivity contribution in [1.29, 1.82) is 0 Å². The maximum absolute atomic E-state index is 11.1. The lowest BCUT2D eigenvalue weighted by Gasteiger charge is -2.28. The molecule has 0 atom stereocenters. The number of ketones is 1. The Morgan fingerprint density at radius 1 is 1.20 bits per heavy atom. The maximum Gasteiger partial charge on any atom is 0.175 e. The molecule has 1 aliphatic rings. The van der Waals surface area contributed by atoms with Gasteiger partial charge in [0.25, 0.3) is 0 Å². The number of carbonyl (C=O) groups excluding carboxylic acids is 1. The topological polar surface area (TPSA) is 46.1 Å². The van der Waals surface area contributed by atoms with Crippen molar-refractivity contribution in [3.05, 3.63) is 16.4 Å². The number of anilines is 1. The van der Waals surface area contributed by atoms with Crippen molar-refractivity contribution < 1.29 is 4.79 Å². The van der Waals surface area contributed by atoms with Crippen molar-refractivity contribution in [2.24, 2.45) is 0 Å². The van der Waals surface area contributed by atoms with Crippen LogP contribution in [0.4, 0.5) is 5.69 Å². The number of halogens is 2. The summed E-state index contributed by atoms with van der Waals surface area (Å²) in [5, 5.41) is 8.01. The smallest absolute Gasteiger partial charge is 0.175 e. The quantitative estimate of drug-likeness (QED) is 0.759. The molecule has 0 unspecified atom stereocenters. The first kappa shape index (κ1) is 10.6. The van der Waals surface area contributed by atoms with Crippen molar-refractivity contribution >= 4 is 34.7 Å². The molecule has 0 spiro atoms. The largest absolute Gasteiger partial charge is 0.368 e. The molecular formula is C9H9Cl2N3O. The van der Waals surface area contributed by atoms with Crippen LogP contribution in [0.5, 0.6) is 0 Å². The molecule has 1 aliphatic heterocycles. The van der Waals surface area contributed by atoms with Gasteiger partial charge in [-0.3, -0.25) is 4.79 Å². The van der Waals surface area contributed by atoms with Gasteiger partial charge in [0.05, 0.1) is 5.69 Å². The number of hydrogen-bond acceptors (Lipinski definition) is 4. The fourth-order valence-corrected chi connectivity index (χ4v) is 1.92. The van der Waals surface area contributed by atoms with Crippen LogP contribution in [0.1, 0.15) is 12.8 Å². The minimum atomic E-state index is 0.287. The van der Waals surface area contributed by atoms with E-state index in [9.17, 15) is 4.79 Å². The van der Waals surface area contributed by atoms with E-state index in [-0.39, 0.29) is 5.78 Å². The van der Waals surface area contributed by atoms with Crippen LogP contribution in [0.2, 0.25) is 10.3 Å². The van der Waals surface area contributed by atoms with Crippen LogP contribution in [0, 0.1) is 0 Å². The van der Waals surface area contributed by atoms with Crippen LogP contribution < -0.4 is 4.90 Å². The lowest BCUT2D eigenvalue weighted by molar-refractivity contribution is -0.119. The third-order valence-corrected chi connectivity index (χ3v) is 2.82. The molecule has 0 aromatic carbocycles. The molecule has 0 radical (unpaired) electrons. The van der Waals surface area contributed by atoms with Gasteiger partial charge >= 0.3 is 0 Å². The zero-order valence-corrected chi connectivity index (χ0v) is 9.42. The number of nitrogens with zero attached hydrogens (tertiary/aromatic N) is 3. The number of carbonyl (C=O) groups is 1. The van der Waals surface area contributed by atoms with Gasteiger partial charge in [-0.1, -0.05) is 23.2 Å². The summed E-state index contributed by atoms with van der Waals surface area (Å²) in [6.07, 6.45) is 1.10. The van der Waals surface area contributed by atoms with E-state index in [4.69, 9.17) is 23.2 Å². The Morgan fingerprint density at radius 3 is 2.53 bits per heavy atom. The molecule has 4 nitrogen and oxygen atoms in total. The van der Waals surface area contributed by atoms with E-state index >= 15 is 0 Å². The van der Waals surface area contributed by atoms with Crippen LogP contribution in [-0.2, 0) is 4.79 Å². The molecule has 0 aliphatic carbocycles. The Kier molecular flexibility index (Phi) is 3.07. The van der Waals surface area contributed by atoms with E-state index in [2.05, 4.69) is 10.2 Å². The minimum absolute atomic E-state index is 0.287. The molecule has 80 valence electrons. The second-order valence-electron chi connectivity index (χ2n) is 3.37. The third kappa shape index (κ3) is 2.38. The maximum atomic E-state index is 11.1. The van der Waals surface area contributed by atoms with Gasteiger partial charge in [0.2, 0.25) is 0 Å².